The summed E-state index contributed by atoms with van der Waals surface area (Å²) in [5.41, 5.74) is 0. The first-order valence-electron chi connectivity index (χ1n) is 16.4. The average Bonchev–Trinajstić information content (AvgIpc) is 3.35. The Morgan fingerprint density at radius 1 is 0.514 bits per heavy atom. The van der Waals surface area contributed by atoms with Crippen LogP contribution in [0.1, 0.15) is 193 Å². The molecule has 2 nitrogen and oxygen atoms in total. The van der Waals surface area contributed by atoms with E-state index in [9.17, 15) is 0 Å². The lowest BCUT2D eigenvalue weighted by molar-refractivity contribution is -0.701. The first-order chi connectivity index (χ1) is 17.3. The number of aryl methyl sites for hydroxylation is 1. The number of hydrogen-bond acceptors (Lipinski definition) is 0. The van der Waals surface area contributed by atoms with E-state index in [0.29, 0.717) is 0 Å². The van der Waals surface area contributed by atoms with Crippen molar-refractivity contribution in [3.63, 3.8) is 0 Å². The van der Waals surface area contributed by atoms with Crippen LogP contribution in [0, 0.1) is 0 Å². The zero-order valence-corrected chi connectivity index (χ0v) is 24.6. The molecule has 0 aromatic carbocycles. The minimum Gasteiger partial charge on any atom is -0.247 e. The van der Waals surface area contributed by atoms with Crippen molar-refractivity contribution in [2.45, 2.75) is 194 Å². The van der Waals surface area contributed by atoms with Gasteiger partial charge < -0.3 is 0 Å². The van der Waals surface area contributed by atoms with Gasteiger partial charge in [0.15, 0.2) is 0 Å². The maximum atomic E-state index is 3.60. The Morgan fingerprint density at radius 3 is 1.20 bits per heavy atom. The number of hydrogen-bond donors (Lipinski definition) is 1. The van der Waals surface area contributed by atoms with E-state index in [0.717, 1.165) is 12.5 Å². The van der Waals surface area contributed by atoms with Crippen molar-refractivity contribution >= 4 is 0 Å². The number of H-pyrrole nitrogens is 1. The summed E-state index contributed by atoms with van der Waals surface area (Å²) in [6.07, 6.45) is 40.3. The Bertz CT molecular complexity index is 535. The summed E-state index contributed by atoms with van der Waals surface area (Å²) in [5.74, 6) is 2.22. The van der Waals surface area contributed by atoms with Crippen LogP contribution < -0.4 is 4.57 Å². The molecular weight excluding hydrogens is 424 g/mol. The van der Waals surface area contributed by atoms with Gasteiger partial charge in [-0.3, -0.25) is 0 Å². The normalized spacial score (nSPS) is 12.4. The first kappa shape index (κ1) is 32.2. The van der Waals surface area contributed by atoms with Gasteiger partial charge in [-0.05, 0) is 19.8 Å². The van der Waals surface area contributed by atoms with Crippen LogP contribution in [0.3, 0.4) is 0 Å². The molecule has 0 bridgehead atoms. The summed E-state index contributed by atoms with van der Waals surface area (Å²) < 4.78 is 2.45. The minimum absolute atomic E-state index is 0.729. The zero-order chi connectivity index (χ0) is 25.2. The maximum absolute atomic E-state index is 3.60. The standard InChI is InChI=1S/C33H64N2/c1-4-7-9-11-13-15-16-17-18-19-20-21-23-25-27-29-32(33-34-30-31-35(33)6-3)28-26-24-22-14-12-10-8-5-2/h30-32H,4-29H2,1-3H3/p+1/t32-/m0/s1. The van der Waals surface area contributed by atoms with Crippen LogP contribution in [0.2, 0.25) is 0 Å². The number of unbranched alkanes of at least 4 members (excludes halogenated alkanes) is 21. The Labute approximate surface area is 221 Å². The van der Waals surface area contributed by atoms with Crippen molar-refractivity contribution in [1.82, 2.24) is 4.98 Å². The molecule has 1 atom stereocenters. The summed E-state index contributed by atoms with van der Waals surface area (Å²) in [6, 6.07) is 0. The molecule has 0 amide bonds. The summed E-state index contributed by atoms with van der Waals surface area (Å²) in [5, 5.41) is 0. The molecule has 0 saturated heterocycles. The topological polar surface area (TPSA) is 19.7 Å². The number of nitrogens with zero attached hydrogens (tertiary/aromatic N) is 1. The summed E-state index contributed by atoms with van der Waals surface area (Å²) in [7, 11) is 0. The molecule has 0 saturated carbocycles. The van der Waals surface area contributed by atoms with Crippen LogP contribution in [0.15, 0.2) is 12.4 Å². The van der Waals surface area contributed by atoms with E-state index in [4.69, 9.17) is 0 Å². The molecule has 0 radical (unpaired) electrons. The van der Waals surface area contributed by atoms with E-state index in [1.54, 1.807) is 0 Å². The Kier molecular flexibility index (Phi) is 22.9. The zero-order valence-electron chi connectivity index (χ0n) is 24.6. The largest absolute Gasteiger partial charge is 0.257 e. The van der Waals surface area contributed by atoms with Crippen LogP contribution in [-0.2, 0) is 6.54 Å². The van der Waals surface area contributed by atoms with E-state index in [-0.39, 0.29) is 0 Å². The highest BCUT2D eigenvalue weighted by atomic mass is 15.1. The van der Waals surface area contributed by atoms with Gasteiger partial charge in [0, 0.05) is 0 Å². The fourth-order valence-corrected chi connectivity index (χ4v) is 5.71. The monoisotopic (exact) mass is 490 g/mol. The summed E-state index contributed by atoms with van der Waals surface area (Å²) in [4.78, 5) is 3.60. The third-order valence-corrected chi connectivity index (χ3v) is 8.08. The van der Waals surface area contributed by atoms with Gasteiger partial charge in [-0.2, -0.15) is 0 Å². The van der Waals surface area contributed by atoms with E-state index in [1.807, 2.05) is 0 Å². The molecule has 0 aliphatic carbocycles. The van der Waals surface area contributed by atoms with E-state index < -0.39 is 0 Å². The maximum Gasteiger partial charge on any atom is 0.257 e. The fraction of sp³-hybridized carbons (Fsp3) is 0.909. The second-order valence-electron chi connectivity index (χ2n) is 11.3. The molecule has 1 aromatic rings. The van der Waals surface area contributed by atoms with Crippen molar-refractivity contribution < 1.29 is 4.57 Å². The highest BCUT2D eigenvalue weighted by Crippen LogP contribution is 2.26. The fourth-order valence-electron chi connectivity index (χ4n) is 5.71. The van der Waals surface area contributed by atoms with Crippen LogP contribution in [-0.4, -0.2) is 4.98 Å². The molecule has 1 heterocycles. The molecule has 0 aliphatic heterocycles. The minimum atomic E-state index is 0.729. The van der Waals surface area contributed by atoms with Crippen molar-refractivity contribution in [2.75, 3.05) is 0 Å². The number of aromatic amines is 1. The highest BCUT2D eigenvalue weighted by Gasteiger charge is 2.21. The molecule has 0 unspecified atom stereocenters. The van der Waals surface area contributed by atoms with Crippen LogP contribution in [0.5, 0.6) is 0 Å². The average molecular weight is 490 g/mol. The van der Waals surface area contributed by atoms with Crippen molar-refractivity contribution in [3.8, 4) is 0 Å². The summed E-state index contributed by atoms with van der Waals surface area (Å²) in [6.45, 7) is 7.98. The predicted molar refractivity (Wildman–Crippen MR) is 156 cm³/mol. The molecule has 2 heteroatoms. The van der Waals surface area contributed by atoms with Crippen molar-refractivity contribution in [3.05, 3.63) is 18.2 Å². The van der Waals surface area contributed by atoms with Gasteiger partial charge in [-0.15, -0.1) is 0 Å². The summed E-state index contributed by atoms with van der Waals surface area (Å²) >= 11 is 0. The lowest BCUT2D eigenvalue weighted by Gasteiger charge is -2.14. The Hall–Kier alpha value is -0.790. The van der Waals surface area contributed by atoms with Gasteiger partial charge >= 0.3 is 0 Å². The third kappa shape index (κ3) is 18.2. The molecule has 0 fully saturated rings. The van der Waals surface area contributed by atoms with Gasteiger partial charge in [0.1, 0.15) is 12.4 Å². The number of aromatic nitrogens is 2. The van der Waals surface area contributed by atoms with Gasteiger partial charge in [0.25, 0.3) is 5.82 Å². The van der Waals surface area contributed by atoms with Crippen LogP contribution in [0.25, 0.3) is 0 Å². The van der Waals surface area contributed by atoms with Crippen LogP contribution >= 0.6 is 0 Å². The molecule has 1 aromatic heterocycles. The molecule has 0 aliphatic rings. The van der Waals surface area contributed by atoms with Crippen molar-refractivity contribution in [2.24, 2.45) is 0 Å². The Morgan fingerprint density at radius 2 is 0.857 bits per heavy atom. The van der Waals surface area contributed by atoms with Gasteiger partial charge in [0.2, 0.25) is 0 Å². The quantitative estimate of drug-likeness (QED) is 0.0936. The van der Waals surface area contributed by atoms with Crippen LogP contribution in [0.4, 0.5) is 0 Å². The number of imidazole rings is 1. The number of rotatable bonds is 27. The van der Waals surface area contributed by atoms with E-state index >= 15 is 0 Å². The molecule has 1 rings (SSSR count). The predicted octanol–water partition coefficient (Wildman–Crippen LogP) is 11.2. The third-order valence-electron chi connectivity index (χ3n) is 8.08. The van der Waals surface area contributed by atoms with E-state index in [1.165, 1.54) is 166 Å². The van der Waals surface area contributed by atoms with E-state index in [2.05, 4.69) is 42.7 Å². The molecule has 1 N–H and O–H groups in total. The SMILES string of the molecule is CCCCCCCCCCCCCCCCC[C@H](CCCCCCCCCC)c1[nH]cc[n+]1CC. The molecular formula is C33H65N2+. The molecule has 0 spiro atoms. The first-order valence-corrected chi connectivity index (χ1v) is 16.4. The highest BCUT2D eigenvalue weighted by molar-refractivity contribution is 4.90. The second kappa shape index (κ2) is 24.9. The van der Waals surface area contributed by atoms with Crippen molar-refractivity contribution in [1.29, 1.82) is 0 Å². The molecule has 35 heavy (non-hydrogen) atoms. The lowest BCUT2D eigenvalue weighted by atomic mass is 9.93. The van der Waals surface area contributed by atoms with Gasteiger partial charge in [-0.1, -0.05) is 162 Å². The smallest absolute Gasteiger partial charge is 0.247 e. The van der Waals surface area contributed by atoms with Gasteiger partial charge in [0.05, 0.1) is 12.5 Å². The number of nitrogens with one attached hydrogen (secondary N) is 1. The van der Waals surface area contributed by atoms with Gasteiger partial charge in [-0.25, -0.2) is 9.55 Å². The molecule has 206 valence electrons. The Balaban J connectivity index is 2.08. The lowest BCUT2D eigenvalue weighted by Crippen LogP contribution is -2.36. The second-order valence-corrected chi connectivity index (χ2v) is 11.3.